The standard InChI is InChI=1S/C23H30N2O3S2/c1-4-5-6-14-28-19-10-7-17(8-11-19)23(27)25-20-16-18(9-12-21(20)30-3)22(26)24-13-15-29-2/h7-12,16H,4-6,13-15H2,1-3H3,(H,24,26)(H,25,27). The highest BCUT2D eigenvalue weighted by atomic mass is 32.2. The predicted molar refractivity (Wildman–Crippen MR) is 128 cm³/mol. The van der Waals surface area contributed by atoms with E-state index in [1.807, 2.05) is 30.7 Å². The van der Waals surface area contributed by atoms with Crippen LogP contribution in [0.25, 0.3) is 0 Å². The quantitative estimate of drug-likeness (QED) is 0.341. The normalized spacial score (nSPS) is 10.5. The summed E-state index contributed by atoms with van der Waals surface area (Å²) >= 11 is 3.20. The number of carbonyl (C=O) groups is 2. The van der Waals surface area contributed by atoms with E-state index in [0.717, 1.165) is 35.7 Å². The summed E-state index contributed by atoms with van der Waals surface area (Å²) in [6.07, 6.45) is 7.26. The zero-order valence-electron chi connectivity index (χ0n) is 17.8. The number of hydrogen-bond donors (Lipinski definition) is 2. The van der Waals surface area contributed by atoms with E-state index < -0.39 is 0 Å². The number of anilines is 1. The number of ether oxygens (including phenoxy) is 1. The van der Waals surface area contributed by atoms with Crippen molar-refractivity contribution in [1.29, 1.82) is 0 Å². The molecule has 30 heavy (non-hydrogen) atoms. The number of unbranched alkanes of at least 4 members (excludes halogenated alkanes) is 2. The van der Waals surface area contributed by atoms with Gasteiger partial charge in [0.25, 0.3) is 11.8 Å². The fourth-order valence-corrected chi connectivity index (χ4v) is 3.59. The van der Waals surface area contributed by atoms with Crippen LogP contribution in [0, 0.1) is 0 Å². The molecule has 0 aromatic heterocycles. The molecule has 162 valence electrons. The van der Waals surface area contributed by atoms with Crippen LogP contribution in [0.2, 0.25) is 0 Å². The van der Waals surface area contributed by atoms with Gasteiger partial charge in [-0.2, -0.15) is 11.8 Å². The summed E-state index contributed by atoms with van der Waals surface area (Å²) in [5.41, 5.74) is 1.70. The van der Waals surface area contributed by atoms with E-state index in [0.29, 0.717) is 30.0 Å². The van der Waals surface area contributed by atoms with Crippen molar-refractivity contribution in [1.82, 2.24) is 5.32 Å². The van der Waals surface area contributed by atoms with Gasteiger partial charge >= 0.3 is 0 Å². The lowest BCUT2D eigenvalue weighted by atomic mass is 10.1. The number of hydrogen-bond acceptors (Lipinski definition) is 5. The molecule has 0 saturated heterocycles. The topological polar surface area (TPSA) is 67.4 Å². The van der Waals surface area contributed by atoms with Crippen LogP contribution >= 0.6 is 23.5 Å². The smallest absolute Gasteiger partial charge is 0.255 e. The zero-order valence-corrected chi connectivity index (χ0v) is 19.5. The first-order valence-electron chi connectivity index (χ1n) is 10.1. The summed E-state index contributed by atoms with van der Waals surface area (Å²) in [5.74, 6) is 1.26. The molecule has 7 heteroatoms. The van der Waals surface area contributed by atoms with Gasteiger partial charge in [0, 0.05) is 28.3 Å². The average Bonchev–Trinajstić information content (AvgIpc) is 2.77. The Morgan fingerprint density at radius 2 is 1.70 bits per heavy atom. The molecular weight excluding hydrogens is 416 g/mol. The van der Waals surface area contributed by atoms with Gasteiger partial charge in [-0.15, -0.1) is 11.8 Å². The van der Waals surface area contributed by atoms with Gasteiger partial charge in [-0.1, -0.05) is 19.8 Å². The van der Waals surface area contributed by atoms with Gasteiger partial charge in [0.05, 0.1) is 12.3 Å². The molecule has 0 bridgehead atoms. The minimum absolute atomic E-state index is 0.142. The van der Waals surface area contributed by atoms with Crippen LogP contribution in [0.3, 0.4) is 0 Å². The molecule has 2 aromatic carbocycles. The number of thioether (sulfide) groups is 2. The van der Waals surface area contributed by atoms with Gasteiger partial charge in [0.2, 0.25) is 0 Å². The van der Waals surface area contributed by atoms with Gasteiger partial charge in [0.1, 0.15) is 5.75 Å². The third kappa shape index (κ3) is 7.61. The maximum Gasteiger partial charge on any atom is 0.255 e. The van der Waals surface area contributed by atoms with Gasteiger partial charge in [-0.05, 0) is 61.4 Å². The Balaban J connectivity index is 2.04. The van der Waals surface area contributed by atoms with Crippen molar-refractivity contribution in [2.45, 2.75) is 31.1 Å². The molecule has 0 aliphatic rings. The second kappa shape index (κ2) is 13.2. The van der Waals surface area contributed by atoms with Crippen molar-refractivity contribution in [3.05, 3.63) is 53.6 Å². The monoisotopic (exact) mass is 446 g/mol. The van der Waals surface area contributed by atoms with Crippen LogP contribution in [-0.4, -0.2) is 43.2 Å². The molecule has 0 radical (unpaired) electrons. The Kier molecular flexibility index (Phi) is 10.7. The zero-order chi connectivity index (χ0) is 21.8. The predicted octanol–water partition coefficient (Wildman–Crippen LogP) is 5.32. The van der Waals surface area contributed by atoms with Crippen molar-refractivity contribution < 1.29 is 14.3 Å². The lowest BCUT2D eigenvalue weighted by molar-refractivity contribution is 0.0954. The second-order valence-corrected chi connectivity index (χ2v) is 8.53. The number of nitrogens with one attached hydrogen (secondary N) is 2. The van der Waals surface area contributed by atoms with E-state index in [1.165, 1.54) is 11.8 Å². The summed E-state index contributed by atoms with van der Waals surface area (Å²) < 4.78 is 5.70. The van der Waals surface area contributed by atoms with E-state index in [9.17, 15) is 9.59 Å². The van der Waals surface area contributed by atoms with E-state index >= 15 is 0 Å². The Morgan fingerprint density at radius 3 is 2.37 bits per heavy atom. The van der Waals surface area contributed by atoms with Crippen LogP contribution in [-0.2, 0) is 0 Å². The van der Waals surface area contributed by atoms with Crippen LogP contribution in [0.15, 0.2) is 47.4 Å². The highest BCUT2D eigenvalue weighted by molar-refractivity contribution is 7.98. The number of benzene rings is 2. The molecule has 2 aromatic rings. The minimum atomic E-state index is -0.220. The van der Waals surface area contributed by atoms with E-state index in [1.54, 1.807) is 36.0 Å². The molecular formula is C23H30N2O3S2. The Morgan fingerprint density at radius 1 is 0.967 bits per heavy atom. The SMILES string of the molecule is CCCCCOc1ccc(C(=O)Nc2cc(C(=O)NCCSC)ccc2SC)cc1. The molecule has 2 amide bonds. The fourth-order valence-electron chi connectivity index (χ4n) is 2.75. The molecule has 0 atom stereocenters. The first-order chi connectivity index (χ1) is 14.6. The van der Waals surface area contributed by atoms with Crippen molar-refractivity contribution in [3.63, 3.8) is 0 Å². The first-order valence-corrected chi connectivity index (χ1v) is 12.7. The van der Waals surface area contributed by atoms with Crippen molar-refractivity contribution in [3.8, 4) is 5.75 Å². The van der Waals surface area contributed by atoms with Gasteiger partial charge in [0.15, 0.2) is 0 Å². The number of carbonyl (C=O) groups excluding carboxylic acids is 2. The Labute approximate surface area is 187 Å². The highest BCUT2D eigenvalue weighted by Gasteiger charge is 2.13. The molecule has 0 aliphatic heterocycles. The molecule has 0 saturated carbocycles. The van der Waals surface area contributed by atoms with E-state index in [4.69, 9.17) is 4.74 Å². The molecule has 5 nitrogen and oxygen atoms in total. The van der Waals surface area contributed by atoms with E-state index in [-0.39, 0.29) is 11.8 Å². The van der Waals surface area contributed by atoms with Crippen molar-refractivity contribution in [2.75, 3.05) is 36.7 Å². The van der Waals surface area contributed by atoms with Crippen LogP contribution in [0.4, 0.5) is 5.69 Å². The summed E-state index contributed by atoms with van der Waals surface area (Å²) in [7, 11) is 0. The molecule has 0 heterocycles. The molecule has 0 spiro atoms. The van der Waals surface area contributed by atoms with Gasteiger partial charge in [-0.3, -0.25) is 9.59 Å². The molecule has 2 N–H and O–H groups in total. The van der Waals surface area contributed by atoms with E-state index in [2.05, 4.69) is 17.6 Å². The van der Waals surface area contributed by atoms with Crippen molar-refractivity contribution >= 4 is 41.0 Å². The second-order valence-electron chi connectivity index (χ2n) is 6.70. The van der Waals surface area contributed by atoms with Gasteiger partial charge in [-0.25, -0.2) is 0 Å². The fraction of sp³-hybridized carbons (Fsp3) is 0.391. The highest BCUT2D eigenvalue weighted by Crippen LogP contribution is 2.27. The molecule has 2 rings (SSSR count). The van der Waals surface area contributed by atoms with Crippen LogP contribution in [0.1, 0.15) is 46.9 Å². The van der Waals surface area contributed by atoms with Gasteiger partial charge < -0.3 is 15.4 Å². The lowest BCUT2D eigenvalue weighted by Crippen LogP contribution is -2.25. The summed E-state index contributed by atoms with van der Waals surface area (Å²) in [6, 6.07) is 12.5. The number of rotatable bonds is 12. The summed E-state index contributed by atoms with van der Waals surface area (Å²) in [6.45, 7) is 3.45. The lowest BCUT2D eigenvalue weighted by Gasteiger charge is -2.12. The van der Waals surface area contributed by atoms with Crippen molar-refractivity contribution in [2.24, 2.45) is 0 Å². The number of amides is 2. The third-order valence-corrected chi connectivity index (χ3v) is 5.84. The maximum atomic E-state index is 12.7. The Hall–Kier alpha value is -2.12. The first kappa shape index (κ1) is 24.2. The summed E-state index contributed by atoms with van der Waals surface area (Å²) in [5, 5.41) is 5.82. The molecule has 0 fully saturated rings. The Bertz CT molecular complexity index is 826. The molecule has 0 aliphatic carbocycles. The summed E-state index contributed by atoms with van der Waals surface area (Å²) in [4.78, 5) is 26.0. The largest absolute Gasteiger partial charge is 0.494 e. The third-order valence-electron chi connectivity index (χ3n) is 4.43. The minimum Gasteiger partial charge on any atom is -0.494 e. The maximum absolute atomic E-state index is 12.7. The average molecular weight is 447 g/mol. The van der Waals surface area contributed by atoms with Crippen LogP contribution < -0.4 is 15.4 Å². The molecule has 0 unspecified atom stereocenters. The van der Waals surface area contributed by atoms with Crippen LogP contribution in [0.5, 0.6) is 5.75 Å².